The number of thiazole rings is 1. The molecule has 0 radical (unpaired) electrons. The first-order valence-corrected chi connectivity index (χ1v) is 9.29. The number of rotatable bonds is 7. The summed E-state index contributed by atoms with van der Waals surface area (Å²) in [5.74, 6) is 0.957. The molecule has 0 bridgehead atoms. The van der Waals surface area contributed by atoms with E-state index in [2.05, 4.69) is 34.7 Å². The van der Waals surface area contributed by atoms with Gasteiger partial charge in [-0.25, -0.2) is 4.98 Å². The summed E-state index contributed by atoms with van der Waals surface area (Å²) >= 11 is 3.55. The molecular formula is C18H20N2OS2. The first-order valence-electron chi connectivity index (χ1n) is 7.59. The predicted molar refractivity (Wildman–Crippen MR) is 98.6 cm³/mol. The van der Waals surface area contributed by atoms with Crippen molar-refractivity contribution in [3.8, 4) is 15.5 Å². The van der Waals surface area contributed by atoms with E-state index in [-0.39, 0.29) is 0 Å². The first-order chi connectivity index (χ1) is 11.3. The average Bonchev–Trinajstić information content (AvgIpc) is 3.20. The largest absolute Gasteiger partial charge is 0.496 e. The molecule has 0 aliphatic carbocycles. The summed E-state index contributed by atoms with van der Waals surface area (Å²) in [6, 6.07) is 10.3. The smallest absolute Gasteiger partial charge is 0.122 e. The van der Waals surface area contributed by atoms with Gasteiger partial charge in [-0.05, 0) is 48.5 Å². The normalized spacial score (nSPS) is 10.9. The Kier molecular flexibility index (Phi) is 5.43. The lowest BCUT2D eigenvalue weighted by Crippen LogP contribution is -2.16. The number of thiophene rings is 1. The molecule has 5 heteroatoms. The maximum atomic E-state index is 5.38. The summed E-state index contributed by atoms with van der Waals surface area (Å²) in [6.07, 6.45) is 2.94. The fourth-order valence-electron chi connectivity index (χ4n) is 2.45. The minimum atomic E-state index is 0.810. The molecule has 0 saturated heterocycles. The molecule has 120 valence electrons. The Morgan fingerprint density at radius 2 is 2.09 bits per heavy atom. The molecule has 23 heavy (non-hydrogen) atoms. The molecule has 3 rings (SSSR count). The number of nitrogens with one attached hydrogen (secondary N) is 1. The highest BCUT2D eigenvalue weighted by molar-refractivity contribution is 7.21. The van der Waals surface area contributed by atoms with Crippen molar-refractivity contribution < 1.29 is 4.74 Å². The van der Waals surface area contributed by atoms with Crippen molar-refractivity contribution in [2.45, 2.75) is 19.9 Å². The zero-order valence-corrected chi connectivity index (χ0v) is 15.0. The van der Waals surface area contributed by atoms with Crippen molar-refractivity contribution in [1.82, 2.24) is 10.3 Å². The van der Waals surface area contributed by atoms with Crippen LogP contribution in [0.4, 0.5) is 0 Å². The highest BCUT2D eigenvalue weighted by atomic mass is 32.1. The third kappa shape index (κ3) is 3.99. The van der Waals surface area contributed by atoms with Crippen LogP contribution in [0.1, 0.15) is 16.1 Å². The number of aromatic nitrogens is 1. The van der Waals surface area contributed by atoms with Gasteiger partial charge in [-0.3, -0.25) is 0 Å². The second-order valence-electron chi connectivity index (χ2n) is 5.29. The first kappa shape index (κ1) is 16.2. The second kappa shape index (κ2) is 7.73. The van der Waals surface area contributed by atoms with Crippen LogP contribution in [0.25, 0.3) is 9.75 Å². The van der Waals surface area contributed by atoms with Crippen molar-refractivity contribution in [3.05, 3.63) is 58.0 Å². The summed E-state index contributed by atoms with van der Waals surface area (Å²) in [4.78, 5) is 7.13. The van der Waals surface area contributed by atoms with Gasteiger partial charge in [0.1, 0.15) is 10.8 Å². The molecule has 2 heterocycles. The van der Waals surface area contributed by atoms with Gasteiger partial charge < -0.3 is 10.1 Å². The van der Waals surface area contributed by atoms with E-state index in [1.54, 1.807) is 29.8 Å². The van der Waals surface area contributed by atoms with E-state index >= 15 is 0 Å². The lowest BCUT2D eigenvalue weighted by atomic mass is 10.1. The molecule has 0 saturated carbocycles. The van der Waals surface area contributed by atoms with Crippen LogP contribution in [0.5, 0.6) is 5.75 Å². The fraction of sp³-hybridized carbons (Fsp3) is 0.278. The molecule has 0 aliphatic rings. The van der Waals surface area contributed by atoms with Crippen LogP contribution in [0.15, 0.2) is 41.9 Å². The van der Waals surface area contributed by atoms with E-state index in [4.69, 9.17) is 4.74 Å². The van der Waals surface area contributed by atoms with E-state index in [9.17, 15) is 0 Å². The Bertz CT molecular complexity index is 764. The molecule has 1 aromatic carbocycles. The molecule has 1 N–H and O–H groups in total. The van der Waals surface area contributed by atoms with E-state index in [0.29, 0.717) is 0 Å². The average molecular weight is 345 g/mol. The minimum absolute atomic E-state index is 0.810. The number of para-hydroxylation sites is 1. The standard InChI is InChI=1S/C18H20N2OS2/c1-13-8-10-22-18(13)16-11-20-17(23-16)12-19-9-7-14-5-3-4-6-15(14)21-2/h3-6,8,10-11,19H,7,9,12H2,1-2H3. The van der Waals surface area contributed by atoms with Crippen molar-refractivity contribution >= 4 is 22.7 Å². The molecular weight excluding hydrogens is 324 g/mol. The molecule has 0 amide bonds. The minimum Gasteiger partial charge on any atom is -0.496 e. The van der Waals surface area contributed by atoms with Crippen LogP contribution in [0.2, 0.25) is 0 Å². The molecule has 0 unspecified atom stereocenters. The van der Waals surface area contributed by atoms with Gasteiger partial charge in [0, 0.05) is 17.6 Å². The van der Waals surface area contributed by atoms with E-state index in [0.717, 1.165) is 30.3 Å². The third-order valence-corrected chi connectivity index (χ3v) is 5.87. The van der Waals surface area contributed by atoms with Gasteiger partial charge in [0.2, 0.25) is 0 Å². The van der Waals surface area contributed by atoms with Crippen molar-refractivity contribution in [3.63, 3.8) is 0 Å². The molecule has 0 fully saturated rings. The number of nitrogens with zero attached hydrogens (tertiary/aromatic N) is 1. The fourth-order valence-corrected chi connectivity index (χ4v) is 4.44. The Balaban J connectivity index is 1.52. The zero-order valence-electron chi connectivity index (χ0n) is 13.3. The molecule has 0 aliphatic heterocycles. The quantitative estimate of drug-likeness (QED) is 0.640. The Morgan fingerprint density at radius 3 is 2.87 bits per heavy atom. The monoisotopic (exact) mass is 344 g/mol. The van der Waals surface area contributed by atoms with E-state index in [1.807, 2.05) is 24.4 Å². The van der Waals surface area contributed by atoms with Gasteiger partial charge in [-0.2, -0.15) is 0 Å². The Labute approximate surface area is 145 Å². The SMILES string of the molecule is COc1ccccc1CCNCc1ncc(-c2sccc2C)s1. The topological polar surface area (TPSA) is 34.1 Å². The molecule has 0 spiro atoms. The van der Waals surface area contributed by atoms with E-state index < -0.39 is 0 Å². The van der Waals surface area contributed by atoms with Gasteiger partial charge in [-0.1, -0.05) is 18.2 Å². The highest BCUT2D eigenvalue weighted by Crippen LogP contribution is 2.33. The number of benzene rings is 1. The number of hydrogen-bond acceptors (Lipinski definition) is 5. The van der Waals surface area contributed by atoms with Gasteiger partial charge in [0.15, 0.2) is 0 Å². The Morgan fingerprint density at radius 1 is 1.22 bits per heavy atom. The van der Waals surface area contributed by atoms with Crippen LogP contribution >= 0.6 is 22.7 Å². The van der Waals surface area contributed by atoms with Crippen LogP contribution in [-0.4, -0.2) is 18.6 Å². The third-order valence-electron chi connectivity index (χ3n) is 3.68. The number of ether oxygens (including phenoxy) is 1. The maximum absolute atomic E-state index is 5.38. The molecule has 2 aromatic heterocycles. The van der Waals surface area contributed by atoms with Crippen molar-refractivity contribution in [2.75, 3.05) is 13.7 Å². The lowest BCUT2D eigenvalue weighted by molar-refractivity contribution is 0.409. The van der Waals surface area contributed by atoms with Crippen LogP contribution in [0.3, 0.4) is 0 Å². The summed E-state index contributed by atoms with van der Waals surface area (Å²) in [6.45, 7) is 3.87. The van der Waals surface area contributed by atoms with E-state index in [1.165, 1.54) is 20.9 Å². The summed E-state index contributed by atoms with van der Waals surface area (Å²) in [5.41, 5.74) is 2.56. The van der Waals surface area contributed by atoms with Gasteiger partial charge in [0.05, 0.1) is 12.0 Å². The van der Waals surface area contributed by atoms with Crippen LogP contribution < -0.4 is 10.1 Å². The van der Waals surface area contributed by atoms with Crippen molar-refractivity contribution in [1.29, 1.82) is 0 Å². The van der Waals surface area contributed by atoms with Gasteiger partial charge in [0.25, 0.3) is 0 Å². The van der Waals surface area contributed by atoms with Gasteiger partial charge >= 0.3 is 0 Å². The molecule has 3 nitrogen and oxygen atoms in total. The second-order valence-corrected chi connectivity index (χ2v) is 7.32. The summed E-state index contributed by atoms with van der Waals surface area (Å²) in [7, 11) is 1.72. The number of methoxy groups -OCH3 is 1. The van der Waals surface area contributed by atoms with Crippen molar-refractivity contribution in [2.24, 2.45) is 0 Å². The van der Waals surface area contributed by atoms with Crippen LogP contribution in [-0.2, 0) is 13.0 Å². The molecule has 0 atom stereocenters. The molecule has 3 aromatic rings. The number of aryl methyl sites for hydroxylation is 1. The lowest BCUT2D eigenvalue weighted by Gasteiger charge is -2.08. The number of hydrogen-bond donors (Lipinski definition) is 1. The summed E-state index contributed by atoms with van der Waals surface area (Å²) < 4.78 is 5.38. The van der Waals surface area contributed by atoms with Crippen LogP contribution in [0, 0.1) is 6.92 Å². The highest BCUT2D eigenvalue weighted by Gasteiger charge is 2.08. The zero-order chi connectivity index (χ0) is 16.1. The summed E-state index contributed by atoms with van der Waals surface area (Å²) in [5, 5.41) is 6.74. The predicted octanol–water partition coefficient (Wildman–Crippen LogP) is 4.52. The Hall–Kier alpha value is -1.69. The van der Waals surface area contributed by atoms with Gasteiger partial charge in [-0.15, -0.1) is 22.7 Å². The maximum Gasteiger partial charge on any atom is 0.122 e.